The first-order valence-electron chi connectivity index (χ1n) is 7.88. The summed E-state index contributed by atoms with van der Waals surface area (Å²) in [5.41, 5.74) is 0. The number of hydrogen-bond acceptors (Lipinski definition) is 4. The normalized spacial score (nSPS) is 21.7. The van der Waals surface area contributed by atoms with Crippen molar-refractivity contribution >= 4 is 17.5 Å². The number of nitrogens with zero attached hydrogens (tertiary/aromatic N) is 2. The summed E-state index contributed by atoms with van der Waals surface area (Å²) in [5, 5.41) is 18.8. The lowest BCUT2D eigenvalue weighted by atomic mass is 9.90. The summed E-state index contributed by atoms with van der Waals surface area (Å²) in [4.78, 5) is 12.4. The summed E-state index contributed by atoms with van der Waals surface area (Å²) in [6.07, 6.45) is 0.119. The number of rotatable bonds is 5. The molecule has 1 heterocycles. The Morgan fingerprint density at radius 1 is 1.36 bits per heavy atom. The molecule has 1 aliphatic heterocycles. The maximum absolute atomic E-state index is 12.8. The molecule has 0 aromatic carbocycles. The topological polar surface area (TPSA) is 87.1 Å². The number of aliphatic hydroxyl groups is 1. The van der Waals surface area contributed by atoms with Gasteiger partial charge >= 0.3 is 6.09 Å². The second-order valence-corrected chi connectivity index (χ2v) is 9.35. The van der Waals surface area contributed by atoms with Gasteiger partial charge in [0.15, 0.2) is 0 Å². The largest absolute Gasteiger partial charge is 0.597 e. The van der Waals surface area contributed by atoms with Crippen LogP contribution < -0.4 is 0 Å². The van der Waals surface area contributed by atoms with Crippen LogP contribution in [0.5, 0.6) is 0 Å². The van der Waals surface area contributed by atoms with Gasteiger partial charge in [0.1, 0.15) is 4.75 Å². The van der Waals surface area contributed by atoms with Crippen molar-refractivity contribution in [1.29, 1.82) is 0 Å². The third kappa shape index (κ3) is 5.30. The standard InChI is InChI=1S/C15H30N2O4S/c1-11(18)10-17(22(21)15(3,4)5)12(2)13-6-8-16(9-7-13)14(19)20/h11-13,18H,6-10H2,1-5H3,(H,19,20). The lowest BCUT2D eigenvalue weighted by Crippen LogP contribution is -2.53. The predicted molar refractivity (Wildman–Crippen MR) is 88.1 cm³/mol. The van der Waals surface area contributed by atoms with Crippen LogP contribution in [0.25, 0.3) is 0 Å². The van der Waals surface area contributed by atoms with E-state index in [1.165, 1.54) is 4.90 Å². The Bertz CT molecular complexity index is 365. The quantitative estimate of drug-likeness (QED) is 0.750. The molecular formula is C15H30N2O4S. The molecule has 2 N–H and O–H groups in total. The van der Waals surface area contributed by atoms with Gasteiger partial charge in [0, 0.05) is 24.5 Å². The third-order valence-corrected chi connectivity index (χ3v) is 6.08. The number of likely N-dealkylation sites (tertiary alicyclic amines) is 1. The van der Waals surface area contributed by atoms with Crippen molar-refractivity contribution in [2.75, 3.05) is 19.6 Å². The second-order valence-electron chi connectivity index (χ2n) is 7.16. The molecule has 3 atom stereocenters. The van der Waals surface area contributed by atoms with Crippen LogP contribution in [0.3, 0.4) is 0 Å². The van der Waals surface area contributed by atoms with Gasteiger partial charge in [0.05, 0.1) is 18.7 Å². The highest BCUT2D eigenvalue weighted by atomic mass is 32.2. The average molecular weight is 334 g/mol. The van der Waals surface area contributed by atoms with Gasteiger partial charge in [-0.15, -0.1) is 4.31 Å². The number of amides is 1. The zero-order valence-electron chi connectivity index (χ0n) is 14.3. The highest BCUT2D eigenvalue weighted by Gasteiger charge is 2.40. The van der Waals surface area contributed by atoms with Gasteiger partial charge in [-0.3, -0.25) is 0 Å². The lowest BCUT2D eigenvalue weighted by molar-refractivity contribution is 0.0946. The highest BCUT2D eigenvalue weighted by Crippen LogP contribution is 2.30. The Kier molecular flexibility index (Phi) is 6.98. The van der Waals surface area contributed by atoms with Crippen molar-refractivity contribution in [2.45, 2.75) is 64.4 Å². The fraction of sp³-hybridized carbons (Fsp3) is 0.933. The van der Waals surface area contributed by atoms with Crippen molar-refractivity contribution < 1.29 is 19.6 Å². The van der Waals surface area contributed by atoms with Crippen molar-refractivity contribution in [2.24, 2.45) is 5.92 Å². The fourth-order valence-electron chi connectivity index (χ4n) is 2.81. The third-order valence-electron chi connectivity index (χ3n) is 4.13. The number of hydrogen-bond donors (Lipinski definition) is 2. The summed E-state index contributed by atoms with van der Waals surface area (Å²) in [6, 6.07) is 0.0469. The zero-order chi connectivity index (χ0) is 17.1. The first-order valence-corrected chi connectivity index (χ1v) is 8.99. The van der Waals surface area contributed by atoms with Crippen LogP contribution in [0.2, 0.25) is 0 Å². The molecule has 0 radical (unpaired) electrons. The molecule has 1 aliphatic rings. The summed E-state index contributed by atoms with van der Waals surface area (Å²) in [5.74, 6) is 0.292. The van der Waals surface area contributed by atoms with E-state index in [0.29, 0.717) is 25.6 Å². The molecule has 1 saturated heterocycles. The average Bonchev–Trinajstić information content (AvgIpc) is 2.42. The Balaban J connectivity index is 2.76. The maximum Gasteiger partial charge on any atom is 0.407 e. The molecule has 22 heavy (non-hydrogen) atoms. The molecule has 3 unspecified atom stereocenters. The van der Waals surface area contributed by atoms with E-state index in [0.717, 1.165) is 12.8 Å². The number of piperidine rings is 1. The number of carboxylic acid groups (broad SMARTS) is 1. The molecule has 130 valence electrons. The summed E-state index contributed by atoms with van der Waals surface area (Å²) in [7, 11) is 0. The lowest BCUT2D eigenvalue weighted by Gasteiger charge is -2.41. The van der Waals surface area contributed by atoms with E-state index >= 15 is 0 Å². The van der Waals surface area contributed by atoms with Crippen LogP contribution in [0.4, 0.5) is 4.79 Å². The van der Waals surface area contributed by atoms with Gasteiger partial charge < -0.3 is 19.7 Å². The molecule has 1 amide bonds. The van der Waals surface area contributed by atoms with Crippen LogP contribution >= 0.6 is 0 Å². The molecule has 7 heteroatoms. The fourth-order valence-corrected chi connectivity index (χ4v) is 4.33. The van der Waals surface area contributed by atoms with Crippen LogP contribution in [0.15, 0.2) is 0 Å². The van der Waals surface area contributed by atoms with Crippen LogP contribution in [0.1, 0.15) is 47.5 Å². The summed E-state index contributed by atoms with van der Waals surface area (Å²) >= 11 is -1.20. The van der Waals surface area contributed by atoms with Gasteiger partial charge in [-0.05, 0) is 53.4 Å². The van der Waals surface area contributed by atoms with Crippen LogP contribution in [-0.2, 0) is 11.4 Å². The minimum Gasteiger partial charge on any atom is -0.597 e. The molecule has 6 nitrogen and oxygen atoms in total. The minimum atomic E-state index is -1.20. The van der Waals surface area contributed by atoms with Gasteiger partial charge in [-0.2, -0.15) is 0 Å². The molecule has 0 aliphatic carbocycles. The van der Waals surface area contributed by atoms with Crippen LogP contribution in [0, 0.1) is 5.92 Å². The first-order chi connectivity index (χ1) is 10.0. The van der Waals surface area contributed by atoms with E-state index in [2.05, 4.69) is 0 Å². The van der Waals surface area contributed by atoms with Crippen LogP contribution in [-0.4, -0.2) is 66.6 Å². The maximum atomic E-state index is 12.8. The van der Waals surface area contributed by atoms with Gasteiger partial charge in [-0.1, -0.05) is 0 Å². The van der Waals surface area contributed by atoms with E-state index in [1.807, 2.05) is 32.0 Å². The van der Waals surface area contributed by atoms with E-state index in [9.17, 15) is 14.5 Å². The minimum absolute atomic E-state index is 0.0469. The monoisotopic (exact) mass is 334 g/mol. The van der Waals surface area contributed by atoms with Gasteiger partial charge in [0.2, 0.25) is 0 Å². The predicted octanol–water partition coefficient (Wildman–Crippen LogP) is 1.91. The van der Waals surface area contributed by atoms with Crippen molar-refractivity contribution in [3.8, 4) is 0 Å². The molecule has 1 rings (SSSR count). The van der Waals surface area contributed by atoms with E-state index < -0.39 is 23.6 Å². The van der Waals surface area contributed by atoms with E-state index in [4.69, 9.17) is 5.11 Å². The Morgan fingerprint density at radius 2 is 1.86 bits per heavy atom. The highest BCUT2D eigenvalue weighted by molar-refractivity contribution is 7.90. The van der Waals surface area contributed by atoms with Crippen molar-refractivity contribution in [3.05, 3.63) is 0 Å². The van der Waals surface area contributed by atoms with E-state index in [1.54, 1.807) is 6.92 Å². The zero-order valence-corrected chi connectivity index (χ0v) is 15.1. The Labute approximate surface area is 136 Å². The first kappa shape index (κ1) is 19.5. The number of carbonyl (C=O) groups is 1. The number of aliphatic hydroxyl groups excluding tert-OH is 1. The Hall–Kier alpha value is -0.500. The smallest absolute Gasteiger partial charge is 0.407 e. The molecule has 0 spiro atoms. The molecule has 0 aromatic rings. The van der Waals surface area contributed by atoms with Crippen molar-refractivity contribution in [3.63, 3.8) is 0 Å². The molecule has 1 fully saturated rings. The summed E-state index contributed by atoms with van der Waals surface area (Å²) in [6.45, 7) is 10.9. The molecule has 0 bridgehead atoms. The summed E-state index contributed by atoms with van der Waals surface area (Å²) < 4.78 is 14.3. The second kappa shape index (κ2) is 7.86. The van der Waals surface area contributed by atoms with Gasteiger partial charge in [0.25, 0.3) is 0 Å². The Morgan fingerprint density at radius 3 is 2.23 bits per heavy atom. The van der Waals surface area contributed by atoms with Crippen molar-refractivity contribution in [1.82, 2.24) is 9.21 Å². The SMILES string of the molecule is CC(O)CN(C(C)C1CCN(C(=O)O)CC1)[S+]([O-])C(C)(C)C. The van der Waals surface area contributed by atoms with E-state index in [-0.39, 0.29) is 10.8 Å². The van der Waals surface area contributed by atoms with Gasteiger partial charge in [-0.25, -0.2) is 4.79 Å². The molecule has 0 aromatic heterocycles. The molecular weight excluding hydrogens is 304 g/mol. The molecule has 0 saturated carbocycles.